The van der Waals surface area contributed by atoms with Gasteiger partial charge >= 0.3 is 11.9 Å². The number of benzene rings is 1. The summed E-state index contributed by atoms with van der Waals surface area (Å²) in [7, 11) is 0. The van der Waals surface area contributed by atoms with Crippen molar-refractivity contribution in [1.29, 1.82) is 0 Å². The van der Waals surface area contributed by atoms with Crippen molar-refractivity contribution < 1.29 is 24.2 Å². The second-order valence-corrected chi connectivity index (χ2v) is 7.49. The van der Waals surface area contributed by atoms with Crippen molar-refractivity contribution in [1.82, 2.24) is 9.55 Å². The molecule has 0 fully saturated rings. The smallest absolute Gasteiger partial charge is 0.343 e. The molecule has 5 rings (SSSR count). The van der Waals surface area contributed by atoms with E-state index >= 15 is 0 Å². The molecule has 3 aromatic rings. The largest absolute Gasteiger partial charge is 0.458 e. The van der Waals surface area contributed by atoms with Crippen LogP contribution in [0, 0.1) is 0 Å². The number of cyclic esters (lactones) is 1. The highest BCUT2D eigenvalue weighted by Crippen LogP contribution is 2.46. The lowest BCUT2D eigenvalue weighted by molar-refractivity contribution is -0.172. The molecule has 1 N–H and O–H groups in total. The number of rotatable bonds is 2. The number of carbonyl (C=O) groups excluding carboxylic acids is 2. The van der Waals surface area contributed by atoms with Crippen molar-refractivity contribution in [2.24, 2.45) is 0 Å². The predicted molar refractivity (Wildman–Crippen MR) is 106 cm³/mol. The van der Waals surface area contributed by atoms with Crippen LogP contribution in [0.4, 0.5) is 0 Å². The van der Waals surface area contributed by atoms with E-state index in [1.165, 1.54) is 11.5 Å². The van der Waals surface area contributed by atoms with Crippen LogP contribution in [0.15, 0.2) is 35.1 Å². The summed E-state index contributed by atoms with van der Waals surface area (Å²) in [5.74, 6) is -1.52. The molecule has 0 radical (unpaired) electrons. The molecule has 0 saturated carbocycles. The van der Waals surface area contributed by atoms with Crippen LogP contribution in [0.1, 0.15) is 37.0 Å². The Morgan fingerprint density at radius 1 is 1.33 bits per heavy atom. The maximum absolute atomic E-state index is 13.3. The van der Waals surface area contributed by atoms with Crippen molar-refractivity contribution in [3.8, 4) is 17.1 Å². The Morgan fingerprint density at radius 2 is 2.10 bits per heavy atom. The van der Waals surface area contributed by atoms with Gasteiger partial charge in [-0.15, -0.1) is 0 Å². The molecule has 8 heteroatoms. The molecule has 30 heavy (non-hydrogen) atoms. The van der Waals surface area contributed by atoms with Crippen LogP contribution in [0.25, 0.3) is 22.3 Å². The maximum atomic E-state index is 13.3. The summed E-state index contributed by atoms with van der Waals surface area (Å²) >= 11 is 0. The van der Waals surface area contributed by atoms with Crippen molar-refractivity contribution in [3.63, 3.8) is 0 Å². The molecule has 1 aromatic carbocycles. The fourth-order valence-electron chi connectivity index (χ4n) is 4.29. The minimum Gasteiger partial charge on any atom is -0.458 e. The Morgan fingerprint density at radius 3 is 2.83 bits per heavy atom. The second kappa shape index (κ2) is 6.24. The summed E-state index contributed by atoms with van der Waals surface area (Å²) in [6.45, 7) is 2.76. The number of hydrogen-bond donors (Lipinski definition) is 1. The van der Waals surface area contributed by atoms with Crippen LogP contribution >= 0.6 is 0 Å². The van der Waals surface area contributed by atoms with Crippen molar-refractivity contribution in [2.45, 2.75) is 39.0 Å². The zero-order valence-electron chi connectivity index (χ0n) is 16.4. The van der Waals surface area contributed by atoms with Gasteiger partial charge in [-0.05, 0) is 18.6 Å². The minimum atomic E-state index is -2.09. The van der Waals surface area contributed by atoms with E-state index in [0.29, 0.717) is 11.2 Å². The summed E-state index contributed by atoms with van der Waals surface area (Å²) in [6, 6.07) is 9.47. The molecule has 0 spiro atoms. The Kier molecular flexibility index (Phi) is 3.85. The number of aliphatic hydroxyl groups is 1. The normalized spacial score (nSPS) is 19.1. The van der Waals surface area contributed by atoms with E-state index in [1.807, 2.05) is 30.3 Å². The van der Waals surface area contributed by atoms with E-state index in [9.17, 15) is 19.5 Å². The van der Waals surface area contributed by atoms with Crippen LogP contribution in [0.3, 0.4) is 0 Å². The number of pyridine rings is 2. The average molecular weight is 406 g/mol. The Bertz CT molecular complexity index is 1330. The number of aromatic nitrogens is 2. The molecule has 0 aliphatic carbocycles. The Hall–Kier alpha value is -3.52. The van der Waals surface area contributed by atoms with Gasteiger partial charge in [-0.2, -0.15) is 0 Å². The highest BCUT2D eigenvalue weighted by molar-refractivity contribution is 5.90. The Balaban J connectivity index is 1.91. The SMILES string of the molecule is CC[C@@]1(O)C(=O)OCc2c1c(OC(C)=O)c1n(c2=O)Cc2cc3ccccc3nc2-1. The van der Waals surface area contributed by atoms with E-state index < -0.39 is 23.1 Å². The topological polar surface area (TPSA) is 108 Å². The van der Waals surface area contributed by atoms with Gasteiger partial charge in [0.2, 0.25) is 0 Å². The lowest BCUT2D eigenvalue weighted by Gasteiger charge is -2.33. The third-order valence-corrected chi connectivity index (χ3v) is 5.73. The number of fused-ring (bicyclic) bond motifs is 5. The van der Waals surface area contributed by atoms with E-state index in [1.54, 1.807) is 6.92 Å². The number of ether oxygens (including phenoxy) is 2. The van der Waals surface area contributed by atoms with Gasteiger partial charge in [0.05, 0.1) is 28.9 Å². The monoisotopic (exact) mass is 406 g/mol. The van der Waals surface area contributed by atoms with Crippen molar-refractivity contribution >= 4 is 22.8 Å². The molecule has 8 nitrogen and oxygen atoms in total. The molecule has 1 atom stereocenters. The molecule has 152 valence electrons. The van der Waals surface area contributed by atoms with Gasteiger partial charge in [0.1, 0.15) is 12.3 Å². The summed E-state index contributed by atoms with van der Waals surface area (Å²) in [5.41, 5.74) is -0.113. The fraction of sp³-hybridized carbons (Fsp3) is 0.273. The van der Waals surface area contributed by atoms with Gasteiger partial charge in [0.15, 0.2) is 11.4 Å². The molecule has 0 bridgehead atoms. The van der Waals surface area contributed by atoms with E-state index in [-0.39, 0.29) is 42.1 Å². The zero-order valence-corrected chi connectivity index (χ0v) is 16.4. The van der Waals surface area contributed by atoms with Gasteiger partial charge < -0.3 is 14.6 Å². The number of para-hydroxylation sites is 1. The summed E-state index contributed by atoms with van der Waals surface area (Å²) < 4.78 is 12.1. The summed E-state index contributed by atoms with van der Waals surface area (Å²) in [5, 5.41) is 12.1. The van der Waals surface area contributed by atoms with Crippen molar-refractivity contribution in [2.75, 3.05) is 0 Å². The van der Waals surface area contributed by atoms with Gasteiger partial charge in [0, 0.05) is 17.9 Å². The van der Waals surface area contributed by atoms with Crippen LogP contribution in [-0.2, 0) is 33.1 Å². The second-order valence-electron chi connectivity index (χ2n) is 7.49. The standard InChI is InChI=1S/C22H18N2O6/c1-3-22(28)16-14(10-29-21(22)27)20(26)24-9-13-8-12-6-4-5-7-15(12)23-17(13)18(24)19(16)30-11(2)25/h4-8,28H,3,9-10H2,1-2H3/t22-/m0/s1. The van der Waals surface area contributed by atoms with E-state index in [4.69, 9.17) is 14.5 Å². The first-order valence-electron chi connectivity index (χ1n) is 9.62. The quantitative estimate of drug-likeness (QED) is 0.507. The van der Waals surface area contributed by atoms with Crippen LogP contribution in [0.5, 0.6) is 5.75 Å². The first-order valence-corrected chi connectivity index (χ1v) is 9.62. The lowest BCUT2D eigenvalue weighted by atomic mass is 9.85. The molecule has 2 aliphatic rings. The number of hydrogen-bond acceptors (Lipinski definition) is 7. The Labute approximate surface area is 170 Å². The molecular weight excluding hydrogens is 388 g/mol. The van der Waals surface area contributed by atoms with Crippen molar-refractivity contribution in [3.05, 3.63) is 57.4 Å². The zero-order chi connectivity index (χ0) is 21.2. The summed E-state index contributed by atoms with van der Waals surface area (Å²) in [4.78, 5) is 42.4. The molecule has 0 unspecified atom stereocenters. The van der Waals surface area contributed by atoms with Crippen LogP contribution < -0.4 is 10.3 Å². The average Bonchev–Trinajstić information content (AvgIpc) is 3.10. The molecule has 0 amide bonds. The molecule has 4 heterocycles. The third kappa shape index (κ3) is 2.37. The molecule has 2 aliphatic heterocycles. The summed E-state index contributed by atoms with van der Waals surface area (Å²) in [6.07, 6.45) is -0.0476. The maximum Gasteiger partial charge on any atom is 0.343 e. The molecule has 0 saturated heterocycles. The van der Waals surface area contributed by atoms with Gasteiger partial charge in [-0.1, -0.05) is 25.1 Å². The highest BCUT2D eigenvalue weighted by Gasteiger charge is 2.49. The molecule has 2 aromatic heterocycles. The number of esters is 2. The number of nitrogens with zero attached hydrogens (tertiary/aromatic N) is 2. The number of carbonyl (C=O) groups is 2. The highest BCUT2D eigenvalue weighted by atomic mass is 16.6. The fourth-order valence-corrected chi connectivity index (χ4v) is 4.29. The van der Waals surface area contributed by atoms with Crippen LogP contribution in [0.2, 0.25) is 0 Å². The van der Waals surface area contributed by atoms with Gasteiger partial charge in [0.25, 0.3) is 5.56 Å². The van der Waals surface area contributed by atoms with Gasteiger partial charge in [-0.25, -0.2) is 9.78 Å². The minimum absolute atomic E-state index is 0.00416. The first kappa shape index (κ1) is 18.5. The third-order valence-electron chi connectivity index (χ3n) is 5.73. The van der Waals surface area contributed by atoms with Gasteiger partial charge in [-0.3, -0.25) is 14.2 Å². The van der Waals surface area contributed by atoms with E-state index in [2.05, 4.69) is 0 Å². The lowest BCUT2D eigenvalue weighted by Crippen LogP contribution is -2.45. The molecular formula is C22H18N2O6. The first-order chi connectivity index (χ1) is 14.3. The predicted octanol–water partition coefficient (Wildman–Crippen LogP) is 2.00. The van der Waals surface area contributed by atoms with Crippen LogP contribution in [-0.4, -0.2) is 26.6 Å². The van der Waals surface area contributed by atoms with E-state index in [0.717, 1.165) is 10.9 Å².